The van der Waals surface area contributed by atoms with Gasteiger partial charge in [-0.1, -0.05) is 0 Å². The standard InChI is InChI=1S/C5H12ClNO/c1-5(2,3)7(4)8-6/h1-4H3. The summed E-state index contributed by atoms with van der Waals surface area (Å²) in [5.41, 5.74) is -0.0122. The summed E-state index contributed by atoms with van der Waals surface area (Å²) in [4.78, 5) is 0. The van der Waals surface area contributed by atoms with E-state index in [1.54, 1.807) is 12.1 Å². The Hall–Kier alpha value is 0.210. The predicted octanol–water partition coefficient (Wildman–Crippen LogP) is 1.80. The van der Waals surface area contributed by atoms with Gasteiger partial charge in [0.05, 0.1) is 11.9 Å². The maximum atomic E-state index is 5.06. The molecule has 2 nitrogen and oxygen atoms in total. The lowest BCUT2D eigenvalue weighted by atomic mass is 10.1. The zero-order valence-electron chi connectivity index (χ0n) is 5.73. The van der Waals surface area contributed by atoms with Crippen molar-refractivity contribution < 1.29 is 4.39 Å². The van der Waals surface area contributed by atoms with Crippen LogP contribution in [-0.2, 0) is 4.39 Å². The van der Waals surface area contributed by atoms with E-state index in [9.17, 15) is 0 Å². The molecule has 0 unspecified atom stereocenters. The highest BCUT2D eigenvalue weighted by Gasteiger charge is 2.16. The molecule has 0 aromatic carbocycles. The molecule has 0 spiro atoms. The highest BCUT2D eigenvalue weighted by Crippen LogP contribution is 2.10. The first-order valence-electron chi connectivity index (χ1n) is 2.51. The second-order valence-electron chi connectivity index (χ2n) is 2.74. The van der Waals surface area contributed by atoms with Crippen molar-refractivity contribution in [2.24, 2.45) is 0 Å². The van der Waals surface area contributed by atoms with Crippen LogP contribution in [0.5, 0.6) is 0 Å². The van der Waals surface area contributed by atoms with E-state index in [0.29, 0.717) is 0 Å². The molecule has 0 fully saturated rings. The molecule has 0 bridgehead atoms. The third-order valence-corrected chi connectivity index (χ3v) is 1.26. The fourth-order valence-corrected chi connectivity index (χ4v) is 0.311. The molecule has 0 aliphatic carbocycles. The van der Waals surface area contributed by atoms with Crippen molar-refractivity contribution in [2.45, 2.75) is 26.3 Å². The van der Waals surface area contributed by atoms with E-state index in [1.807, 2.05) is 20.8 Å². The van der Waals surface area contributed by atoms with Crippen LogP contribution in [0, 0.1) is 0 Å². The number of hydroxylamine groups is 2. The first-order chi connectivity index (χ1) is 3.48. The number of halogens is 1. The first kappa shape index (κ1) is 8.21. The largest absolute Gasteiger partial charge is 0.187 e. The molecule has 0 radical (unpaired) electrons. The average Bonchev–Trinajstić information content (AvgIpc) is 1.62. The minimum absolute atomic E-state index is 0.0122. The van der Waals surface area contributed by atoms with Crippen molar-refractivity contribution in [3.63, 3.8) is 0 Å². The summed E-state index contributed by atoms with van der Waals surface area (Å²) in [5.74, 6) is 0. The number of hydrogen-bond donors (Lipinski definition) is 0. The molecule has 3 heteroatoms. The van der Waals surface area contributed by atoms with E-state index in [-0.39, 0.29) is 5.54 Å². The van der Waals surface area contributed by atoms with Crippen molar-refractivity contribution in [1.82, 2.24) is 5.06 Å². The van der Waals surface area contributed by atoms with Gasteiger partial charge in [0.25, 0.3) is 0 Å². The zero-order valence-corrected chi connectivity index (χ0v) is 6.49. The summed E-state index contributed by atoms with van der Waals surface area (Å²) in [7, 11) is 1.78. The third-order valence-electron chi connectivity index (χ3n) is 1.05. The van der Waals surface area contributed by atoms with E-state index >= 15 is 0 Å². The minimum atomic E-state index is -0.0122. The minimum Gasteiger partial charge on any atom is -0.187 e. The smallest absolute Gasteiger partial charge is 0.0840 e. The fourth-order valence-electron chi connectivity index (χ4n) is 0.104. The van der Waals surface area contributed by atoms with Crippen molar-refractivity contribution in [3.05, 3.63) is 0 Å². The Bertz CT molecular complexity index is 69.3. The third kappa shape index (κ3) is 2.50. The van der Waals surface area contributed by atoms with Gasteiger partial charge >= 0.3 is 0 Å². The summed E-state index contributed by atoms with van der Waals surface area (Å²) in [5, 5.41) is 1.58. The predicted molar refractivity (Wildman–Crippen MR) is 34.5 cm³/mol. The molecule has 0 aromatic heterocycles. The van der Waals surface area contributed by atoms with Crippen LogP contribution in [0.2, 0.25) is 0 Å². The van der Waals surface area contributed by atoms with Crippen LogP contribution in [0.25, 0.3) is 0 Å². The topological polar surface area (TPSA) is 12.5 Å². The normalized spacial score (nSPS) is 12.8. The molecule has 0 amide bonds. The van der Waals surface area contributed by atoms with Gasteiger partial charge in [-0.15, -0.1) is 0 Å². The Morgan fingerprint density at radius 2 is 1.75 bits per heavy atom. The molecule has 0 atom stereocenters. The van der Waals surface area contributed by atoms with Crippen LogP contribution in [0.15, 0.2) is 0 Å². The van der Waals surface area contributed by atoms with Crippen LogP contribution in [0.3, 0.4) is 0 Å². The lowest BCUT2D eigenvalue weighted by molar-refractivity contribution is -0.0955. The lowest BCUT2D eigenvalue weighted by Crippen LogP contribution is -2.35. The number of nitrogens with zero attached hydrogens (tertiary/aromatic N) is 1. The quantitative estimate of drug-likeness (QED) is 0.511. The van der Waals surface area contributed by atoms with Gasteiger partial charge in [-0.3, -0.25) is 0 Å². The van der Waals surface area contributed by atoms with Gasteiger partial charge in [0.2, 0.25) is 0 Å². The molecule has 50 valence electrons. The number of hydrogen-bond acceptors (Lipinski definition) is 2. The maximum Gasteiger partial charge on any atom is 0.0840 e. The Morgan fingerprint density at radius 3 is 1.75 bits per heavy atom. The van der Waals surface area contributed by atoms with Gasteiger partial charge in [0, 0.05) is 12.6 Å². The van der Waals surface area contributed by atoms with Crippen molar-refractivity contribution in [3.8, 4) is 0 Å². The maximum absolute atomic E-state index is 5.06. The summed E-state index contributed by atoms with van der Waals surface area (Å²) < 4.78 is 4.42. The number of rotatable bonds is 1. The van der Waals surface area contributed by atoms with Crippen molar-refractivity contribution >= 4 is 11.9 Å². The van der Waals surface area contributed by atoms with E-state index < -0.39 is 0 Å². The summed E-state index contributed by atoms with van der Waals surface area (Å²) in [6.45, 7) is 6.03. The molecular weight excluding hydrogens is 126 g/mol. The molecule has 0 aliphatic rings. The highest BCUT2D eigenvalue weighted by atomic mass is 35.5. The highest BCUT2D eigenvalue weighted by molar-refractivity contribution is 6.07. The monoisotopic (exact) mass is 137 g/mol. The lowest BCUT2D eigenvalue weighted by Gasteiger charge is -2.26. The molecule has 8 heavy (non-hydrogen) atoms. The van der Waals surface area contributed by atoms with Crippen molar-refractivity contribution in [2.75, 3.05) is 7.05 Å². The molecule has 0 aromatic rings. The van der Waals surface area contributed by atoms with E-state index in [2.05, 4.69) is 4.39 Å². The van der Waals surface area contributed by atoms with Crippen LogP contribution < -0.4 is 0 Å². The molecule has 0 rings (SSSR count). The Labute approximate surface area is 55.5 Å². The van der Waals surface area contributed by atoms with Gasteiger partial charge in [-0.25, -0.2) is 0 Å². The Morgan fingerprint density at radius 1 is 1.38 bits per heavy atom. The molecular formula is C5H12ClNO. The summed E-state index contributed by atoms with van der Waals surface area (Å²) in [6.07, 6.45) is 0. The molecule has 0 heterocycles. The van der Waals surface area contributed by atoms with Crippen LogP contribution >= 0.6 is 11.9 Å². The Balaban J connectivity index is 3.62. The van der Waals surface area contributed by atoms with Gasteiger partial charge in [-0.05, 0) is 20.8 Å². The molecule has 0 saturated carbocycles. The van der Waals surface area contributed by atoms with E-state index in [4.69, 9.17) is 11.9 Å². The van der Waals surface area contributed by atoms with E-state index in [0.717, 1.165) is 0 Å². The van der Waals surface area contributed by atoms with Crippen LogP contribution in [0.4, 0.5) is 0 Å². The summed E-state index contributed by atoms with van der Waals surface area (Å²) in [6, 6.07) is 0. The zero-order chi connectivity index (χ0) is 6.78. The SMILES string of the molecule is CN(OCl)C(C)(C)C. The Kier molecular flexibility index (Phi) is 2.74. The van der Waals surface area contributed by atoms with Gasteiger partial charge in [0.1, 0.15) is 0 Å². The first-order valence-corrected chi connectivity index (χ1v) is 2.82. The van der Waals surface area contributed by atoms with Crippen molar-refractivity contribution in [1.29, 1.82) is 0 Å². The molecule has 0 saturated heterocycles. The van der Waals surface area contributed by atoms with Gasteiger partial charge in [0.15, 0.2) is 0 Å². The second kappa shape index (κ2) is 2.67. The molecule has 0 aliphatic heterocycles. The second-order valence-corrected chi connectivity index (χ2v) is 2.88. The van der Waals surface area contributed by atoms with Gasteiger partial charge < -0.3 is 0 Å². The average molecular weight is 138 g/mol. The van der Waals surface area contributed by atoms with Gasteiger partial charge in [-0.2, -0.15) is 9.45 Å². The summed E-state index contributed by atoms with van der Waals surface area (Å²) >= 11 is 5.06. The van der Waals surface area contributed by atoms with E-state index in [1.165, 1.54) is 0 Å². The van der Waals surface area contributed by atoms with Crippen LogP contribution in [0.1, 0.15) is 20.8 Å². The molecule has 0 N–H and O–H groups in total. The fraction of sp³-hybridized carbons (Fsp3) is 1.00. The van der Waals surface area contributed by atoms with Crippen LogP contribution in [-0.4, -0.2) is 17.6 Å².